The Labute approximate surface area is 129 Å². The fourth-order valence-corrected chi connectivity index (χ4v) is 4.60. The Bertz CT molecular complexity index is 671. The van der Waals surface area contributed by atoms with Gasteiger partial charge in [-0.2, -0.15) is 0 Å². The van der Waals surface area contributed by atoms with Crippen molar-refractivity contribution in [1.29, 1.82) is 0 Å². The molecule has 0 aromatic heterocycles. The highest BCUT2D eigenvalue weighted by molar-refractivity contribution is 7.91. The first-order chi connectivity index (χ1) is 10.5. The van der Waals surface area contributed by atoms with Crippen LogP contribution in [0.1, 0.15) is 12.0 Å². The van der Waals surface area contributed by atoms with Crippen LogP contribution in [-0.2, 0) is 21.1 Å². The lowest BCUT2D eigenvalue weighted by atomic mass is 10.1. The summed E-state index contributed by atoms with van der Waals surface area (Å²) in [5, 5.41) is 2.82. The van der Waals surface area contributed by atoms with Gasteiger partial charge in [0.25, 0.3) is 0 Å². The maximum absolute atomic E-state index is 12.0. The van der Waals surface area contributed by atoms with Gasteiger partial charge in [0.05, 0.1) is 17.9 Å². The summed E-state index contributed by atoms with van der Waals surface area (Å²) in [4.78, 5) is 12.0. The van der Waals surface area contributed by atoms with Crippen LogP contribution in [0.15, 0.2) is 18.2 Å². The number of amides is 1. The fraction of sp³-hybridized carbons (Fsp3) is 0.533. The first kappa shape index (κ1) is 15.1. The minimum absolute atomic E-state index is 0.0363. The fourth-order valence-electron chi connectivity index (χ4n) is 2.74. The molecule has 2 heterocycles. The lowest BCUT2D eigenvalue weighted by Gasteiger charge is -2.18. The molecule has 2 aliphatic rings. The molecule has 3 rings (SSSR count). The maximum atomic E-state index is 12.0. The van der Waals surface area contributed by atoms with Crippen molar-refractivity contribution < 1.29 is 22.7 Å². The van der Waals surface area contributed by atoms with E-state index in [1.807, 2.05) is 12.1 Å². The minimum Gasteiger partial charge on any atom is -0.486 e. The lowest BCUT2D eigenvalue weighted by molar-refractivity contribution is -0.120. The van der Waals surface area contributed by atoms with Gasteiger partial charge >= 0.3 is 0 Å². The molecule has 22 heavy (non-hydrogen) atoms. The third kappa shape index (κ3) is 3.71. The Morgan fingerprint density at radius 1 is 1.23 bits per heavy atom. The van der Waals surface area contributed by atoms with Crippen molar-refractivity contribution >= 4 is 15.7 Å². The van der Waals surface area contributed by atoms with Crippen LogP contribution in [0.3, 0.4) is 0 Å². The normalized spacial score (nSPS) is 22.3. The summed E-state index contributed by atoms with van der Waals surface area (Å²) in [6, 6.07) is 5.46. The highest BCUT2D eigenvalue weighted by atomic mass is 32.2. The molecule has 7 heteroatoms. The van der Waals surface area contributed by atoms with Crippen LogP contribution in [0.5, 0.6) is 11.5 Å². The molecule has 1 aromatic rings. The van der Waals surface area contributed by atoms with E-state index in [2.05, 4.69) is 5.32 Å². The Morgan fingerprint density at radius 2 is 2.00 bits per heavy atom. The Morgan fingerprint density at radius 3 is 2.73 bits per heavy atom. The molecule has 1 fully saturated rings. The third-order valence-corrected chi connectivity index (χ3v) is 5.72. The molecule has 120 valence electrons. The lowest BCUT2D eigenvalue weighted by Crippen LogP contribution is -2.31. The van der Waals surface area contributed by atoms with E-state index in [1.165, 1.54) is 0 Å². The van der Waals surface area contributed by atoms with Gasteiger partial charge in [-0.25, -0.2) is 8.42 Å². The van der Waals surface area contributed by atoms with Crippen LogP contribution in [-0.4, -0.2) is 45.6 Å². The zero-order chi connectivity index (χ0) is 15.6. The summed E-state index contributed by atoms with van der Waals surface area (Å²) in [7, 11) is -2.89. The van der Waals surface area contributed by atoms with Crippen LogP contribution in [0.25, 0.3) is 0 Å². The number of rotatable bonds is 4. The molecular weight excluding hydrogens is 306 g/mol. The Kier molecular flexibility index (Phi) is 4.24. The van der Waals surface area contributed by atoms with Crippen molar-refractivity contribution in [2.45, 2.75) is 12.8 Å². The van der Waals surface area contributed by atoms with E-state index in [9.17, 15) is 13.2 Å². The molecule has 0 radical (unpaired) electrons. The summed E-state index contributed by atoms with van der Waals surface area (Å²) >= 11 is 0. The molecule has 0 spiro atoms. The van der Waals surface area contributed by atoms with Gasteiger partial charge in [-0.15, -0.1) is 0 Å². The van der Waals surface area contributed by atoms with Gasteiger partial charge in [0.1, 0.15) is 13.2 Å². The zero-order valence-corrected chi connectivity index (χ0v) is 13.0. The van der Waals surface area contributed by atoms with Gasteiger partial charge in [-0.3, -0.25) is 4.79 Å². The molecular formula is C15H19NO5S. The molecule has 1 N–H and O–H groups in total. The van der Waals surface area contributed by atoms with Gasteiger partial charge in [-0.1, -0.05) is 6.07 Å². The third-order valence-electron chi connectivity index (χ3n) is 3.89. The zero-order valence-electron chi connectivity index (χ0n) is 12.2. The Balaban J connectivity index is 1.51. The quantitative estimate of drug-likeness (QED) is 0.874. The second-order valence-electron chi connectivity index (χ2n) is 5.73. The highest BCUT2D eigenvalue weighted by Crippen LogP contribution is 2.30. The summed E-state index contributed by atoms with van der Waals surface area (Å²) in [5.74, 6) is 1.70. The molecule has 0 bridgehead atoms. The van der Waals surface area contributed by atoms with Crippen LogP contribution in [0.2, 0.25) is 0 Å². The van der Waals surface area contributed by atoms with E-state index in [0.29, 0.717) is 37.7 Å². The van der Waals surface area contributed by atoms with E-state index >= 15 is 0 Å². The molecule has 1 aromatic carbocycles. The van der Waals surface area contributed by atoms with Crippen LogP contribution >= 0.6 is 0 Å². The standard InChI is InChI=1S/C15H19NO5S/c17-15(16-9-12-3-6-22(18,19)10-12)8-11-1-2-13-14(7-11)21-5-4-20-13/h1-2,7,12H,3-6,8-10H2,(H,16,17)/t12-/m0/s1. The molecule has 0 aliphatic carbocycles. The maximum Gasteiger partial charge on any atom is 0.224 e. The summed E-state index contributed by atoms with van der Waals surface area (Å²) in [6.07, 6.45) is 0.878. The SMILES string of the molecule is O=C(Cc1ccc2c(c1)OCCO2)NC[C@@H]1CCS(=O)(=O)C1. The van der Waals surface area contributed by atoms with Gasteiger partial charge < -0.3 is 14.8 Å². The van der Waals surface area contributed by atoms with Crippen LogP contribution in [0, 0.1) is 5.92 Å². The van der Waals surface area contributed by atoms with E-state index in [1.54, 1.807) is 6.07 Å². The van der Waals surface area contributed by atoms with Crippen molar-refractivity contribution in [2.75, 3.05) is 31.3 Å². The average Bonchev–Trinajstić information content (AvgIpc) is 2.84. The molecule has 1 amide bonds. The number of nitrogens with one attached hydrogen (secondary N) is 1. The summed E-state index contributed by atoms with van der Waals surface area (Å²) in [5.41, 5.74) is 0.848. The van der Waals surface area contributed by atoms with E-state index < -0.39 is 9.84 Å². The smallest absolute Gasteiger partial charge is 0.224 e. The number of ether oxygens (including phenoxy) is 2. The van der Waals surface area contributed by atoms with Crippen molar-refractivity contribution in [3.63, 3.8) is 0 Å². The summed E-state index contributed by atoms with van der Waals surface area (Å²) < 4.78 is 33.7. The molecule has 6 nitrogen and oxygen atoms in total. The number of fused-ring (bicyclic) bond motifs is 1. The molecule has 2 aliphatic heterocycles. The second-order valence-corrected chi connectivity index (χ2v) is 7.96. The predicted molar refractivity (Wildman–Crippen MR) is 80.9 cm³/mol. The number of sulfone groups is 1. The second kappa shape index (κ2) is 6.16. The van der Waals surface area contributed by atoms with Gasteiger partial charge in [0.15, 0.2) is 21.3 Å². The number of hydrogen-bond acceptors (Lipinski definition) is 5. The van der Waals surface area contributed by atoms with E-state index in [4.69, 9.17) is 9.47 Å². The number of carbonyl (C=O) groups excluding carboxylic acids is 1. The van der Waals surface area contributed by atoms with Crippen molar-refractivity contribution in [2.24, 2.45) is 5.92 Å². The van der Waals surface area contributed by atoms with Gasteiger partial charge in [0, 0.05) is 6.54 Å². The van der Waals surface area contributed by atoms with Crippen LogP contribution in [0.4, 0.5) is 0 Å². The van der Waals surface area contributed by atoms with Crippen molar-refractivity contribution in [3.8, 4) is 11.5 Å². The van der Waals surface area contributed by atoms with Crippen molar-refractivity contribution in [1.82, 2.24) is 5.32 Å². The molecule has 1 saturated heterocycles. The highest BCUT2D eigenvalue weighted by Gasteiger charge is 2.27. The van der Waals surface area contributed by atoms with Crippen molar-refractivity contribution in [3.05, 3.63) is 23.8 Å². The molecule has 0 saturated carbocycles. The largest absolute Gasteiger partial charge is 0.486 e. The predicted octanol–water partition coefficient (Wildman–Crippen LogP) is 0.551. The average molecular weight is 325 g/mol. The molecule has 0 unspecified atom stereocenters. The number of hydrogen-bond donors (Lipinski definition) is 1. The first-order valence-electron chi connectivity index (χ1n) is 7.37. The van der Waals surface area contributed by atoms with Gasteiger partial charge in [0.2, 0.25) is 5.91 Å². The molecule has 1 atom stereocenters. The van der Waals surface area contributed by atoms with Gasteiger partial charge in [-0.05, 0) is 30.0 Å². The minimum atomic E-state index is -2.89. The van der Waals surface area contributed by atoms with Crippen LogP contribution < -0.4 is 14.8 Å². The first-order valence-corrected chi connectivity index (χ1v) is 9.20. The van der Waals surface area contributed by atoms with E-state index in [-0.39, 0.29) is 29.8 Å². The number of benzene rings is 1. The monoisotopic (exact) mass is 325 g/mol. The number of carbonyl (C=O) groups is 1. The summed E-state index contributed by atoms with van der Waals surface area (Å²) in [6.45, 7) is 1.47. The topological polar surface area (TPSA) is 81.7 Å². The van der Waals surface area contributed by atoms with E-state index in [0.717, 1.165) is 5.56 Å². The Hall–Kier alpha value is -1.76.